The van der Waals surface area contributed by atoms with E-state index in [2.05, 4.69) is 50.3 Å². The molecular formula is C13H22. The van der Waals surface area contributed by atoms with Crippen molar-refractivity contribution >= 4 is 0 Å². The summed E-state index contributed by atoms with van der Waals surface area (Å²) >= 11 is 0. The van der Waals surface area contributed by atoms with E-state index in [1.807, 2.05) is 0 Å². The predicted molar refractivity (Wildman–Crippen MR) is 61.9 cm³/mol. The molecule has 0 heteroatoms. The summed E-state index contributed by atoms with van der Waals surface area (Å²) in [6, 6.07) is 0. The largest absolute Gasteiger partial charge is 0.0917 e. The van der Waals surface area contributed by atoms with Crippen molar-refractivity contribution in [2.24, 2.45) is 0 Å². The molecule has 0 amide bonds. The summed E-state index contributed by atoms with van der Waals surface area (Å²) in [5, 5.41) is 0. The topological polar surface area (TPSA) is 0 Å². The Kier molecular flexibility index (Phi) is 10.5. The Morgan fingerprint density at radius 3 is 2.00 bits per heavy atom. The molecule has 0 heterocycles. The van der Waals surface area contributed by atoms with E-state index in [0.29, 0.717) is 0 Å². The van der Waals surface area contributed by atoms with Crippen molar-refractivity contribution in [1.82, 2.24) is 0 Å². The maximum atomic E-state index is 2.26. The maximum Gasteiger partial charge on any atom is -0.0169 e. The highest BCUT2D eigenvalue weighted by Crippen LogP contribution is 1.96. The Hall–Kier alpha value is -0.780. The van der Waals surface area contributed by atoms with Crippen LogP contribution in [0.5, 0.6) is 0 Å². The lowest BCUT2D eigenvalue weighted by Gasteiger charge is -1.86. The van der Waals surface area contributed by atoms with Crippen LogP contribution in [0.2, 0.25) is 0 Å². The van der Waals surface area contributed by atoms with Crippen molar-refractivity contribution in [2.45, 2.75) is 46.0 Å². The van der Waals surface area contributed by atoms with Crippen molar-refractivity contribution in [1.29, 1.82) is 0 Å². The van der Waals surface area contributed by atoms with Gasteiger partial charge in [0.1, 0.15) is 0 Å². The smallest absolute Gasteiger partial charge is 0.0169 e. The summed E-state index contributed by atoms with van der Waals surface area (Å²) in [7, 11) is 0. The highest BCUT2D eigenvalue weighted by atomic mass is 13.8. The number of hydrogen-bond acceptors (Lipinski definition) is 0. The maximum absolute atomic E-state index is 2.26. The van der Waals surface area contributed by atoms with Gasteiger partial charge in [-0.3, -0.25) is 0 Å². The molecule has 0 aromatic heterocycles. The second-order valence-electron chi connectivity index (χ2n) is 3.11. The molecule has 0 N–H and O–H groups in total. The summed E-state index contributed by atoms with van der Waals surface area (Å²) in [6.07, 6.45) is 19.2. The third kappa shape index (κ3) is 11.2. The standard InChI is InChI=1S/C13H22/c1-3-5-7-9-11-13-12-10-8-6-4-2/h3,5,8,10-11,13H,4,6-7,9,12H2,1-2H3. The minimum Gasteiger partial charge on any atom is -0.0917 e. The molecule has 0 aliphatic heterocycles. The first kappa shape index (κ1) is 12.2. The molecule has 13 heavy (non-hydrogen) atoms. The number of hydrogen-bond donors (Lipinski definition) is 0. The minimum absolute atomic E-state index is 1.09. The zero-order chi connectivity index (χ0) is 9.78. The van der Waals surface area contributed by atoms with Gasteiger partial charge in [0, 0.05) is 0 Å². The van der Waals surface area contributed by atoms with Crippen molar-refractivity contribution in [3.63, 3.8) is 0 Å². The van der Waals surface area contributed by atoms with Crippen LogP contribution in [0.4, 0.5) is 0 Å². The molecular weight excluding hydrogens is 156 g/mol. The average molecular weight is 178 g/mol. The summed E-state index contributed by atoms with van der Waals surface area (Å²) in [5.41, 5.74) is 0. The second kappa shape index (κ2) is 11.2. The number of allylic oxidation sites excluding steroid dienone is 6. The third-order valence-electron chi connectivity index (χ3n) is 1.80. The number of unbranched alkanes of at least 4 members (excludes halogenated alkanes) is 2. The summed E-state index contributed by atoms with van der Waals surface area (Å²) in [5.74, 6) is 0. The minimum atomic E-state index is 1.09. The molecule has 74 valence electrons. The lowest BCUT2D eigenvalue weighted by Crippen LogP contribution is -1.65. The van der Waals surface area contributed by atoms with Crippen molar-refractivity contribution < 1.29 is 0 Å². The van der Waals surface area contributed by atoms with Gasteiger partial charge in [-0.05, 0) is 32.6 Å². The fraction of sp³-hybridized carbons (Fsp3) is 0.538. The van der Waals surface area contributed by atoms with Crippen LogP contribution >= 0.6 is 0 Å². The summed E-state index contributed by atoms with van der Waals surface area (Å²) < 4.78 is 0. The molecule has 0 rings (SSSR count). The molecule has 0 bridgehead atoms. The Bertz CT molecular complexity index is 161. The number of rotatable bonds is 7. The first-order valence-corrected chi connectivity index (χ1v) is 5.33. The van der Waals surface area contributed by atoms with Crippen LogP contribution in [-0.4, -0.2) is 0 Å². The van der Waals surface area contributed by atoms with Gasteiger partial charge in [-0.15, -0.1) is 0 Å². The third-order valence-corrected chi connectivity index (χ3v) is 1.80. The van der Waals surface area contributed by atoms with Crippen molar-refractivity contribution in [2.75, 3.05) is 0 Å². The predicted octanol–water partition coefficient (Wildman–Crippen LogP) is 4.65. The fourth-order valence-corrected chi connectivity index (χ4v) is 1.03. The molecule has 0 nitrogen and oxygen atoms in total. The van der Waals surface area contributed by atoms with Crippen LogP contribution in [-0.2, 0) is 0 Å². The van der Waals surface area contributed by atoms with E-state index in [1.165, 1.54) is 25.7 Å². The van der Waals surface area contributed by atoms with Crippen LogP contribution in [0.3, 0.4) is 0 Å². The quantitative estimate of drug-likeness (QED) is 0.393. The molecule has 0 aromatic rings. The van der Waals surface area contributed by atoms with Gasteiger partial charge >= 0.3 is 0 Å². The van der Waals surface area contributed by atoms with E-state index in [0.717, 1.165) is 6.42 Å². The molecule has 0 aliphatic carbocycles. The first-order valence-electron chi connectivity index (χ1n) is 5.33. The van der Waals surface area contributed by atoms with Crippen LogP contribution in [0.1, 0.15) is 46.0 Å². The Morgan fingerprint density at radius 2 is 1.38 bits per heavy atom. The van der Waals surface area contributed by atoms with Gasteiger partial charge in [0.15, 0.2) is 0 Å². The molecule has 0 saturated heterocycles. The van der Waals surface area contributed by atoms with Gasteiger partial charge in [0.25, 0.3) is 0 Å². The first-order chi connectivity index (χ1) is 6.41. The second-order valence-corrected chi connectivity index (χ2v) is 3.11. The van der Waals surface area contributed by atoms with Crippen LogP contribution < -0.4 is 0 Å². The van der Waals surface area contributed by atoms with E-state index < -0.39 is 0 Å². The monoisotopic (exact) mass is 178 g/mol. The molecule has 0 atom stereocenters. The van der Waals surface area contributed by atoms with Gasteiger partial charge in [0.05, 0.1) is 0 Å². The van der Waals surface area contributed by atoms with Crippen LogP contribution in [0.15, 0.2) is 36.5 Å². The average Bonchev–Trinajstić information content (AvgIpc) is 2.16. The van der Waals surface area contributed by atoms with E-state index in [4.69, 9.17) is 0 Å². The van der Waals surface area contributed by atoms with Gasteiger partial charge in [0.2, 0.25) is 0 Å². The van der Waals surface area contributed by atoms with Crippen LogP contribution in [0.25, 0.3) is 0 Å². The zero-order valence-electron chi connectivity index (χ0n) is 9.00. The molecule has 0 fully saturated rings. The van der Waals surface area contributed by atoms with Gasteiger partial charge in [-0.2, -0.15) is 0 Å². The Labute approximate surface area is 83.0 Å². The lowest BCUT2D eigenvalue weighted by atomic mass is 10.2. The van der Waals surface area contributed by atoms with Gasteiger partial charge < -0.3 is 0 Å². The fourth-order valence-electron chi connectivity index (χ4n) is 1.03. The van der Waals surface area contributed by atoms with Gasteiger partial charge in [-0.25, -0.2) is 0 Å². The highest BCUT2D eigenvalue weighted by Gasteiger charge is 1.75. The highest BCUT2D eigenvalue weighted by molar-refractivity contribution is 4.93. The lowest BCUT2D eigenvalue weighted by molar-refractivity contribution is 0.954. The molecule has 0 aliphatic rings. The van der Waals surface area contributed by atoms with E-state index >= 15 is 0 Å². The molecule has 0 saturated carbocycles. The van der Waals surface area contributed by atoms with Crippen molar-refractivity contribution in [3.8, 4) is 0 Å². The summed E-state index contributed by atoms with van der Waals surface area (Å²) in [4.78, 5) is 0. The van der Waals surface area contributed by atoms with E-state index in [1.54, 1.807) is 0 Å². The van der Waals surface area contributed by atoms with E-state index in [9.17, 15) is 0 Å². The Balaban J connectivity index is 3.21. The molecule has 0 radical (unpaired) electrons. The Morgan fingerprint density at radius 1 is 0.769 bits per heavy atom. The summed E-state index contributed by atoms with van der Waals surface area (Å²) in [6.45, 7) is 4.27. The molecule has 0 unspecified atom stereocenters. The van der Waals surface area contributed by atoms with Crippen LogP contribution in [0, 0.1) is 0 Å². The normalized spacial score (nSPS) is 12.5. The van der Waals surface area contributed by atoms with E-state index in [-0.39, 0.29) is 0 Å². The molecule has 0 spiro atoms. The zero-order valence-corrected chi connectivity index (χ0v) is 9.00. The van der Waals surface area contributed by atoms with Gasteiger partial charge in [-0.1, -0.05) is 49.8 Å². The SMILES string of the molecule is CC=CCCC=CCC=CCCC. The molecule has 0 aromatic carbocycles. The van der Waals surface area contributed by atoms with Crippen molar-refractivity contribution in [3.05, 3.63) is 36.5 Å².